The molecule has 1 aliphatic carbocycles. The van der Waals surface area contributed by atoms with Gasteiger partial charge < -0.3 is 9.55 Å². The monoisotopic (exact) mass is 300 g/mol. The van der Waals surface area contributed by atoms with Gasteiger partial charge in [-0.1, -0.05) is 6.42 Å². The van der Waals surface area contributed by atoms with E-state index in [0.717, 1.165) is 30.5 Å². The van der Waals surface area contributed by atoms with Crippen LogP contribution < -0.4 is 0 Å². The van der Waals surface area contributed by atoms with E-state index in [2.05, 4.69) is 11.9 Å². The van der Waals surface area contributed by atoms with E-state index >= 15 is 0 Å². The zero-order chi connectivity index (χ0) is 14.5. The maximum Gasteiger partial charge on any atom is 0.416 e. The molecule has 2 aromatic rings. The van der Waals surface area contributed by atoms with Crippen molar-refractivity contribution < 1.29 is 13.2 Å². The van der Waals surface area contributed by atoms with E-state index in [4.69, 9.17) is 12.2 Å². The molecule has 1 N–H and O–H groups in total. The Morgan fingerprint density at radius 3 is 2.60 bits per heavy atom. The normalized spacial score (nSPS) is 18.2. The molecule has 0 amide bonds. The fourth-order valence-electron chi connectivity index (χ4n) is 2.84. The Morgan fingerprint density at radius 1 is 1.35 bits per heavy atom. The Kier molecular flexibility index (Phi) is 3.16. The Balaban J connectivity index is 2.10. The van der Waals surface area contributed by atoms with Crippen LogP contribution >= 0.6 is 12.2 Å². The zero-order valence-corrected chi connectivity index (χ0v) is 11.8. The molecule has 3 rings (SSSR count). The molecular weight excluding hydrogens is 285 g/mol. The number of benzene rings is 1. The third-order valence-corrected chi connectivity index (χ3v) is 4.58. The van der Waals surface area contributed by atoms with E-state index in [9.17, 15) is 13.2 Å². The highest BCUT2D eigenvalue weighted by atomic mass is 32.1. The lowest BCUT2D eigenvalue weighted by Crippen LogP contribution is -2.22. The summed E-state index contributed by atoms with van der Waals surface area (Å²) < 4.78 is 40.6. The number of H-pyrrole nitrogens is 1. The van der Waals surface area contributed by atoms with Gasteiger partial charge in [-0.25, -0.2) is 0 Å². The lowest BCUT2D eigenvalue weighted by Gasteiger charge is -2.32. The van der Waals surface area contributed by atoms with Crippen LogP contribution in [0.5, 0.6) is 0 Å². The number of nitrogens with one attached hydrogen (secondary N) is 1. The Labute approximate surface area is 119 Å². The summed E-state index contributed by atoms with van der Waals surface area (Å²) in [4.78, 5) is 2.90. The Hall–Kier alpha value is -1.30. The first-order valence-corrected chi connectivity index (χ1v) is 7.10. The van der Waals surface area contributed by atoms with Gasteiger partial charge in [-0.05, 0) is 56.1 Å². The lowest BCUT2D eigenvalue weighted by molar-refractivity contribution is -0.137. The molecule has 1 fully saturated rings. The van der Waals surface area contributed by atoms with Crippen molar-refractivity contribution in [3.63, 3.8) is 0 Å². The first kappa shape index (κ1) is 13.7. The number of nitrogens with zero attached hydrogens (tertiary/aromatic N) is 1. The van der Waals surface area contributed by atoms with E-state index < -0.39 is 11.7 Å². The molecule has 2 nitrogen and oxygen atoms in total. The standard InChI is InChI=1S/C14H15F3N2S/c1-8(9-3-2-4-9)19-12-6-5-10(14(15,16)17)7-11(12)18-13(19)20/h5-9H,2-4H2,1H3,(H,18,20). The number of alkyl halides is 3. The van der Waals surface area contributed by atoms with Crippen molar-refractivity contribution in [2.45, 2.75) is 38.4 Å². The molecule has 0 spiro atoms. The molecule has 1 heterocycles. The molecule has 20 heavy (non-hydrogen) atoms. The van der Waals surface area contributed by atoms with Gasteiger partial charge in [0.15, 0.2) is 4.77 Å². The average Bonchev–Trinajstić information content (AvgIpc) is 2.59. The van der Waals surface area contributed by atoms with Gasteiger partial charge in [0.05, 0.1) is 16.6 Å². The largest absolute Gasteiger partial charge is 0.416 e. The average molecular weight is 300 g/mol. The van der Waals surface area contributed by atoms with Crippen LogP contribution in [0, 0.1) is 10.7 Å². The Bertz CT molecular complexity index is 694. The molecule has 1 aromatic carbocycles. The fourth-order valence-corrected chi connectivity index (χ4v) is 3.22. The molecule has 1 unspecified atom stereocenters. The van der Waals surface area contributed by atoms with Crippen molar-refractivity contribution in [3.05, 3.63) is 28.5 Å². The number of halogens is 3. The minimum Gasteiger partial charge on any atom is -0.331 e. The van der Waals surface area contributed by atoms with Gasteiger partial charge >= 0.3 is 6.18 Å². The molecule has 0 aliphatic heterocycles. The van der Waals surface area contributed by atoms with Gasteiger partial charge in [0, 0.05) is 6.04 Å². The van der Waals surface area contributed by atoms with Crippen molar-refractivity contribution in [1.29, 1.82) is 0 Å². The van der Waals surface area contributed by atoms with Crippen molar-refractivity contribution in [3.8, 4) is 0 Å². The van der Waals surface area contributed by atoms with Gasteiger partial charge in [0.2, 0.25) is 0 Å². The predicted molar refractivity (Wildman–Crippen MR) is 74.2 cm³/mol. The molecule has 1 aromatic heterocycles. The maximum atomic E-state index is 12.7. The van der Waals surface area contributed by atoms with Crippen LogP contribution in [0.15, 0.2) is 18.2 Å². The maximum absolute atomic E-state index is 12.7. The predicted octanol–water partition coefficient (Wildman–Crippen LogP) is 5.08. The number of fused-ring (bicyclic) bond motifs is 1. The van der Waals surface area contributed by atoms with Crippen LogP contribution in [0.4, 0.5) is 13.2 Å². The highest BCUT2D eigenvalue weighted by Gasteiger charge is 2.31. The second kappa shape index (κ2) is 4.62. The van der Waals surface area contributed by atoms with Crippen molar-refractivity contribution in [2.24, 2.45) is 5.92 Å². The summed E-state index contributed by atoms with van der Waals surface area (Å²) in [6.45, 7) is 2.09. The van der Waals surface area contributed by atoms with Gasteiger partial charge in [-0.3, -0.25) is 0 Å². The molecule has 0 saturated heterocycles. The number of aromatic amines is 1. The second-order valence-electron chi connectivity index (χ2n) is 5.46. The van der Waals surface area contributed by atoms with Crippen molar-refractivity contribution in [2.75, 3.05) is 0 Å². The van der Waals surface area contributed by atoms with Crippen molar-refractivity contribution in [1.82, 2.24) is 9.55 Å². The number of hydrogen-bond donors (Lipinski definition) is 1. The topological polar surface area (TPSA) is 20.7 Å². The summed E-state index contributed by atoms with van der Waals surface area (Å²) in [6.07, 6.45) is -0.777. The fraction of sp³-hybridized carbons (Fsp3) is 0.500. The molecule has 1 aliphatic rings. The van der Waals surface area contributed by atoms with Crippen LogP contribution in [0.25, 0.3) is 11.0 Å². The van der Waals surface area contributed by atoms with E-state index in [-0.39, 0.29) is 6.04 Å². The van der Waals surface area contributed by atoms with E-state index in [0.29, 0.717) is 16.2 Å². The highest BCUT2D eigenvalue weighted by molar-refractivity contribution is 7.71. The van der Waals surface area contributed by atoms with E-state index in [1.807, 2.05) is 4.57 Å². The smallest absolute Gasteiger partial charge is 0.331 e. The molecular formula is C14H15F3N2S. The van der Waals surface area contributed by atoms with Crippen LogP contribution in [-0.4, -0.2) is 9.55 Å². The summed E-state index contributed by atoms with van der Waals surface area (Å²) >= 11 is 5.28. The van der Waals surface area contributed by atoms with Crippen molar-refractivity contribution >= 4 is 23.3 Å². The summed E-state index contributed by atoms with van der Waals surface area (Å²) in [5.41, 5.74) is 0.558. The molecule has 6 heteroatoms. The molecule has 1 saturated carbocycles. The summed E-state index contributed by atoms with van der Waals surface area (Å²) in [6, 6.07) is 3.99. The minimum absolute atomic E-state index is 0.224. The van der Waals surface area contributed by atoms with Gasteiger partial charge in [-0.15, -0.1) is 0 Å². The van der Waals surface area contributed by atoms with E-state index in [1.165, 1.54) is 12.5 Å². The van der Waals surface area contributed by atoms with Gasteiger partial charge in [-0.2, -0.15) is 13.2 Å². The Morgan fingerprint density at radius 2 is 2.05 bits per heavy atom. The molecule has 0 bridgehead atoms. The van der Waals surface area contributed by atoms with Gasteiger partial charge in [0.1, 0.15) is 0 Å². The van der Waals surface area contributed by atoms with Crippen LogP contribution in [0.1, 0.15) is 37.8 Å². The summed E-state index contributed by atoms with van der Waals surface area (Å²) in [5, 5.41) is 0. The lowest BCUT2D eigenvalue weighted by atomic mass is 9.80. The van der Waals surface area contributed by atoms with Crippen LogP contribution in [-0.2, 0) is 6.18 Å². The molecule has 108 valence electrons. The quantitative estimate of drug-likeness (QED) is 0.767. The van der Waals surface area contributed by atoms with Crippen LogP contribution in [0.2, 0.25) is 0 Å². The first-order chi connectivity index (χ1) is 9.38. The number of hydrogen-bond acceptors (Lipinski definition) is 1. The number of imidazole rings is 1. The zero-order valence-electron chi connectivity index (χ0n) is 11.0. The second-order valence-corrected chi connectivity index (χ2v) is 5.85. The third kappa shape index (κ3) is 2.16. The summed E-state index contributed by atoms with van der Waals surface area (Å²) in [7, 11) is 0. The van der Waals surface area contributed by atoms with Gasteiger partial charge in [0.25, 0.3) is 0 Å². The highest BCUT2D eigenvalue weighted by Crippen LogP contribution is 2.38. The van der Waals surface area contributed by atoms with Crippen LogP contribution in [0.3, 0.4) is 0 Å². The first-order valence-electron chi connectivity index (χ1n) is 6.69. The third-order valence-electron chi connectivity index (χ3n) is 4.28. The minimum atomic E-state index is -4.33. The SMILES string of the molecule is CC(C1CCC1)n1c(=S)[nH]c2cc(C(F)(F)F)ccc21. The van der Waals surface area contributed by atoms with E-state index in [1.54, 1.807) is 0 Å². The summed E-state index contributed by atoms with van der Waals surface area (Å²) in [5.74, 6) is 0.572. The number of rotatable bonds is 2. The molecule has 0 radical (unpaired) electrons. The molecule has 1 atom stereocenters. The number of aromatic nitrogens is 2.